The molecule has 7 nitrogen and oxygen atoms in total. The van der Waals surface area contributed by atoms with Gasteiger partial charge in [0, 0.05) is 25.6 Å². The number of amides is 3. The Morgan fingerprint density at radius 2 is 1.74 bits per heavy atom. The lowest BCUT2D eigenvalue weighted by Crippen LogP contribution is -2.31. The van der Waals surface area contributed by atoms with Crippen molar-refractivity contribution in [3.8, 4) is 5.75 Å². The summed E-state index contributed by atoms with van der Waals surface area (Å²) in [5.41, 5.74) is 2.53. The molecule has 0 saturated carbocycles. The van der Waals surface area contributed by atoms with Crippen LogP contribution in [0.15, 0.2) is 66.2 Å². The quantitative estimate of drug-likeness (QED) is 0.296. The maximum atomic E-state index is 13.0. The maximum absolute atomic E-state index is 13.0. The van der Waals surface area contributed by atoms with Crippen molar-refractivity contribution in [2.45, 2.75) is 32.7 Å². The molecule has 2 aromatic rings. The van der Waals surface area contributed by atoms with Crippen LogP contribution >= 0.6 is 0 Å². The SMILES string of the molecule is CC1=CC[C@@H]2C(=O)N(c3cccc(OC(=O)[C@H]4CC(=O)N(Cc5ccccc5)C4)c3)C(=O)[C@@H]2C1. The molecule has 7 heteroatoms. The summed E-state index contributed by atoms with van der Waals surface area (Å²) in [4.78, 5) is 54.1. The normalized spacial score (nSPS) is 24.3. The number of nitrogens with zero attached hydrogens (tertiary/aromatic N) is 2. The largest absolute Gasteiger partial charge is 0.426 e. The van der Waals surface area contributed by atoms with Crippen molar-refractivity contribution in [1.29, 1.82) is 0 Å². The van der Waals surface area contributed by atoms with Crippen LogP contribution in [0.3, 0.4) is 0 Å². The van der Waals surface area contributed by atoms with Crippen LogP contribution in [-0.4, -0.2) is 35.1 Å². The highest BCUT2D eigenvalue weighted by atomic mass is 16.5. The Bertz CT molecular complexity index is 1190. The fourth-order valence-corrected chi connectivity index (χ4v) is 5.06. The summed E-state index contributed by atoms with van der Waals surface area (Å²) in [6, 6.07) is 16.1. The van der Waals surface area contributed by atoms with Gasteiger partial charge in [-0.1, -0.05) is 48.0 Å². The molecule has 3 amide bonds. The first-order valence-electron chi connectivity index (χ1n) is 11.6. The summed E-state index contributed by atoms with van der Waals surface area (Å²) in [6.45, 7) is 2.73. The molecule has 34 heavy (non-hydrogen) atoms. The number of carbonyl (C=O) groups excluding carboxylic acids is 4. The third-order valence-electron chi connectivity index (χ3n) is 6.88. The first-order valence-corrected chi connectivity index (χ1v) is 11.6. The van der Waals surface area contributed by atoms with Gasteiger partial charge in [-0.15, -0.1) is 0 Å². The van der Waals surface area contributed by atoms with E-state index in [4.69, 9.17) is 4.74 Å². The lowest BCUT2D eigenvalue weighted by Gasteiger charge is -2.18. The second kappa shape index (κ2) is 8.89. The molecule has 0 unspecified atom stereocenters. The highest BCUT2D eigenvalue weighted by molar-refractivity contribution is 6.22. The molecule has 3 aliphatic rings. The minimum absolute atomic E-state index is 0.0840. The van der Waals surface area contributed by atoms with Crippen LogP contribution in [0.5, 0.6) is 5.75 Å². The Kier molecular flexibility index (Phi) is 5.77. The van der Waals surface area contributed by atoms with Crippen LogP contribution in [-0.2, 0) is 25.7 Å². The molecule has 2 aliphatic heterocycles. The highest BCUT2D eigenvalue weighted by Crippen LogP contribution is 2.40. The molecule has 1 aliphatic carbocycles. The van der Waals surface area contributed by atoms with Crippen LogP contribution < -0.4 is 9.64 Å². The monoisotopic (exact) mass is 458 g/mol. The zero-order valence-electron chi connectivity index (χ0n) is 19.0. The van der Waals surface area contributed by atoms with Crippen LogP contribution in [0, 0.1) is 17.8 Å². The van der Waals surface area contributed by atoms with E-state index in [1.165, 1.54) is 4.90 Å². The number of carbonyl (C=O) groups is 4. The first kappa shape index (κ1) is 22.1. The van der Waals surface area contributed by atoms with E-state index >= 15 is 0 Å². The number of anilines is 1. The topological polar surface area (TPSA) is 84.0 Å². The summed E-state index contributed by atoms with van der Waals surface area (Å²) in [7, 11) is 0. The molecular formula is C27H26N2O5. The number of imide groups is 1. The van der Waals surface area contributed by atoms with Crippen molar-refractivity contribution in [2.24, 2.45) is 17.8 Å². The third-order valence-corrected chi connectivity index (χ3v) is 6.88. The number of ether oxygens (including phenoxy) is 1. The number of likely N-dealkylation sites (tertiary alicyclic amines) is 1. The summed E-state index contributed by atoms with van der Waals surface area (Å²) in [5.74, 6) is -1.96. The predicted octanol–water partition coefficient (Wildman–Crippen LogP) is 3.49. The maximum Gasteiger partial charge on any atom is 0.316 e. The molecule has 3 atom stereocenters. The average molecular weight is 459 g/mol. The summed E-state index contributed by atoms with van der Waals surface area (Å²) in [6.07, 6.45) is 3.29. The van der Waals surface area contributed by atoms with E-state index in [2.05, 4.69) is 0 Å². The number of hydrogen-bond acceptors (Lipinski definition) is 5. The Labute approximate surface area is 198 Å². The smallest absolute Gasteiger partial charge is 0.316 e. The molecule has 2 heterocycles. The average Bonchev–Trinajstić information content (AvgIpc) is 3.31. The Morgan fingerprint density at radius 1 is 0.971 bits per heavy atom. The number of hydrogen-bond donors (Lipinski definition) is 0. The Hall–Kier alpha value is -3.74. The van der Waals surface area contributed by atoms with Gasteiger partial charge in [0.2, 0.25) is 17.7 Å². The van der Waals surface area contributed by atoms with Crippen LogP contribution in [0.4, 0.5) is 5.69 Å². The molecule has 5 rings (SSSR count). The molecule has 0 aromatic heterocycles. The third kappa shape index (κ3) is 4.14. The number of esters is 1. The molecular weight excluding hydrogens is 432 g/mol. The van der Waals surface area contributed by atoms with Gasteiger partial charge in [0.15, 0.2) is 0 Å². The van der Waals surface area contributed by atoms with Crippen LogP contribution in [0.1, 0.15) is 31.7 Å². The highest BCUT2D eigenvalue weighted by Gasteiger charge is 2.48. The van der Waals surface area contributed by atoms with E-state index in [9.17, 15) is 19.2 Å². The fraction of sp³-hybridized carbons (Fsp3) is 0.333. The molecule has 0 bridgehead atoms. The lowest BCUT2D eigenvalue weighted by molar-refractivity contribution is -0.139. The summed E-state index contributed by atoms with van der Waals surface area (Å²) < 4.78 is 5.57. The lowest BCUT2D eigenvalue weighted by atomic mass is 9.82. The van der Waals surface area contributed by atoms with Crippen molar-refractivity contribution in [1.82, 2.24) is 4.90 Å². The van der Waals surface area contributed by atoms with Gasteiger partial charge in [0.05, 0.1) is 23.4 Å². The van der Waals surface area contributed by atoms with E-state index in [1.807, 2.05) is 43.3 Å². The second-order valence-electron chi connectivity index (χ2n) is 9.29. The molecule has 174 valence electrons. The zero-order chi connectivity index (χ0) is 23.8. The van der Waals surface area contributed by atoms with E-state index in [0.29, 0.717) is 31.6 Å². The van der Waals surface area contributed by atoms with Crippen molar-refractivity contribution < 1.29 is 23.9 Å². The molecule has 0 N–H and O–H groups in total. The van der Waals surface area contributed by atoms with Crippen molar-refractivity contribution in [3.05, 3.63) is 71.8 Å². The Morgan fingerprint density at radius 3 is 2.53 bits per heavy atom. The van der Waals surface area contributed by atoms with Crippen molar-refractivity contribution in [2.75, 3.05) is 11.4 Å². The van der Waals surface area contributed by atoms with Crippen LogP contribution in [0.2, 0.25) is 0 Å². The minimum Gasteiger partial charge on any atom is -0.426 e. The van der Waals surface area contributed by atoms with Gasteiger partial charge in [-0.2, -0.15) is 0 Å². The van der Waals surface area contributed by atoms with Crippen molar-refractivity contribution >= 4 is 29.4 Å². The van der Waals surface area contributed by atoms with Gasteiger partial charge in [-0.25, -0.2) is 4.90 Å². The summed E-state index contributed by atoms with van der Waals surface area (Å²) in [5, 5.41) is 0. The van der Waals surface area contributed by atoms with E-state index in [0.717, 1.165) is 11.1 Å². The number of fused-ring (bicyclic) bond motifs is 1. The van der Waals surface area contributed by atoms with Gasteiger partial charge in [-0.05, 0) is 37.5 Å². The van der Waals surface area contributed by atoms with Crippen LogP contribution in [0.25, 0.3) is 0 Å². The van der Waals surface area contributed by atoms with Gasteiger partial charge in [0.1, 0.15) is 5.75 Å². The Balaban J connectivity index is 1.26. The number of rotatable bonds is 5. The number of benzene rings is 2. The fourth-order valence-electron chi connectivity index (χ4n) is 5.06. The summed E-state index contributed by atoms with van der Waals surface area (Å²) >= 11 is 0. The van der Waals surface area contributed by atoms with Gasteiger partial charge in [0.25, 0.3) is 0 Å². The standard InChI is InChI=1S/C27H26N2O5/c1-17-10-11-22-23(12-17)26(32)29(25(22)31)20-8-5-9-21(14-20)34-27(33)19-13-24(30)28(16-19)15-18-6-3-2-4-7-18/h2-10,14,19,22-23H,11-13,15-16H2,1H3/t19-,22-,23+/m0/s1. The van der Waals surface area contributed by atoms with E-state index in [1.54, 1.807) is 29.2 Å². The van der Waals surface area contributed by atoms with Gasteiger partial charge in [-0.3, -0.25) is 19.2 Å². The minimum atomic E-state index is -0.563. The van der Waals surface area contributed by atoms with Gasteiger partial charge >= 0.3 is 5.97 Å². The molecule has 0 radical (unpaired) electrons. The van der Waals surface area contributed by atoms with E-state index < -0.39 is 11.9 Å². The zero-order valence-corrected chi connectivity index (χ0v) is 19.0. The molecule has 2 fully saturated rings. The molecule has 0 spiro atoms. The first-order chi connectivity index (χ1) is 16.4. The second-order valence-corrected chi connectivity index (χ2v) is 9.29. The molecule has 2 aromatic carbocycles. The number of allylic oxidation sites excluding steroid dienone is 2. The van der Waals surface area contributed by atoms with Crippen molar-refractivity contribution in [3.63, 3.8) is 0 Å². The van der Waals surface area contributed by atoms with E-state index in [-0.39, 0.29) is 41.7 Å². The van der Waals surface area contributed by atoms with Gasteiger partial charge < -0.3 is 9.64 Å². The predicted molar refractivity (Wildman–Crippen MR) is 125 cm³/mol. The molecule has 2 saturated heterocycles.